The first-order valence-corrected chi connectivity index (χ1v) is 13.2. The second-order valence-corrected chi connectivity index (χ2v) is 10.8. The van der Waals surface area contributed by atoms with Crippen molar-refractivity contribution in [2.24, 2.45) is 0 Å². The number of aromatic hydroxyl groups is 1. The van der Waals surface area contributed by atoms with Gasteiger partial charge in [-0.1, -0.05) is 55.9 Å². The Morgan fingerprint density at radius 1 is 0.829 bits per heavy atom. The van der Waals surface area contributed by atoms with Gasteiger partial charge in [0.15, 0.2) is 11.5 Å². The van der Waals surface area contributed by atoms with Crippen LogP contribution in [0.15, 0.2) is 36.4 Å². The van der Waals surface area contributed by atoms with Crippen LogP contribution in [0.25, 0.3) is 21.9 Å². The molecule has 1 N–H and O–H groups in total. The lowest BCUT2D eigenvalue weighted by molar-refractivity contribution is -0.121. The molecule has 3 aromatic carbocycles. The number of rotatable bonds is 1. The van der Waals surface area contributed by atoms with Crippen molar-refractivity contribution in [3.63, 3.8) is 0 Å². The second-order valence-electron chi connectivity index (χ2n) is 10.8. The highest BCUT2D eigenvalue weighted by Crippen LogP contribution is 2.59. The molecule has 5 nitrogen and oxygen atoms in total. The Hall–Kier alpha value is -2.76. The van der Waals surface area contributed by atoms with Crippen LogP contribution in [0.5, 0.6) is 17.2 Å². The monoisotopic (exact) mass is 471 g/mol. The molecule has 7 rings (SSSR count). The molecule has 0 aromatic heterocycles. The summed E-state index contributed by atoms with van der Waals surface area (Å²) in [5.41, 5.74) is 6.63. The standard InChI is InChI=1S/C30H33NO4/c1-19-7-8-20-23(15-19)30(9-5-3-2-4-6-10-30)24-18-25(32)21-16-26-27(17-22(21)28(20)24)35-29(34-26)31-11-13-33-14-12-31/h7-8,15-18,29,32H,2-6,9-14H2,1H3. The molecule has 2 fully saturated rings. The number of hydrogen-bond acceptors (Lipinski definition) is 5. The van der Waals surface area contributed by atoms with Crippen molar-refractivity contribution >= 4 is 10.8 Å². The quantitative estimate of drug-likeness (QED) is 0.455. The molecule has 2 aliphatic heterocycles. The van der Waals surface area contributed by atoms with Gasteiger partial charge in [-0.3, -0.25) is 0 Å². The topological polar surface area (TPSA) is 51.2 Å². The Balaban J connectivity index is 1.40. The largest absolute Gasteiger partial charge is 0.507 e. The lowest BCUT2D eigenvalue weighted by atomic mass is 9.69. The lowest BCUT2D eigenvalue weighted by Gasteiger charge is -2.34. The zero-order valence-electron chi connectivity index (χ0n) is 20.4. The molecule has 1 saturated heterocycles. The van der Waals surface area contributed by atoms with Crippen LogP contribution in [-0.4, -0.2) is 42.7 Å². The fourth-order valence-electron chi connectivity index (χ4n) is 6.91. The fourth-order valence-corrected chi connectivity index (χ4v) is 6.91. The molecule has 2 heterocycles. The first-order valence-electron chi connectivity index (χ1n) is 13.2. The maximum Gasteiger partial charge on any atom is 0.305 e. The van der Waals surface area contributed by atoms with E-state index in [2.05, 4.69) is 42.2 Å². The number of aryl methyl sites for hydroxylation is 1. The van der Waals surface area contributed by atoms with E-state index >= 15 is 0 Å². The third-order valence-corrected chi connectivity index (χ3v) is 8.66. The van der Waals surface area contributed by atoms with Crippen LogP contribution in [0.3, 0.4) is 0 Å². The van der Waals surface area contributed by atoms with Gasteiger partial charge in [-0.15, -0.1) is 0 Å². The molecule has 0 amide bonds. The van der Waals surface area contributed by atoms with Gasteiger partial charge in [0, 0.05) is 23.9 Å². The van der Waals surface area contributed by atoms with E-state index in [0.29, 0.717) is 24.7 Å². The summed E-state index contributed by atoms with van der Waals surface area (Å²) in [7, 11) is 0. The number of ether oxygens (including phenoxy) is 3. The van der Waals surface area contributed by atoms with E-state index in [-0.39, 0.29) is 5.41 Å². The van der Waals surface area contributed by atoms with Gasteiger partial charge in [0.1, 0.15) is 5.75 Å². The Kier molecular flexibility index (Phi) is 5.00. The Morgan fingerprint density at radius 2 is 1.51 bits per heavy atom. The minimum absolute atomic E-state index is 0.0184. The van der Waals surface area contributed by atoms with E-state index in [4.69, 9.17) is 14.2 Å². The van der Waals surface area contributed by atoms with E-state index < -0.39 is 6.41 Å². The van der Waals surface area contributed by atoms with Gasteiger partial charge in [-0.2, -0.15) is 0 Å². The van der Waals surface area contributed by atoms with Gasteiger partial charge in [-0.05, 0) is 65.6 Å². The predicted molar refractivity (Wildman–Crippen MR) is 136 cm³/mol. The summed E-state index contributed by atoms with van der Waals surface area (Å²) in [6.07, 6.45) is 8.23. The fraction of sp³-hybridized carbons (Fsp3) is 0.467. The zero-order chi connectivity index (χ0) is 23.6. The highest BCUT2D eigenvalue weighted by atomic mass is 16.7. The normalized spacial score (nSPS) is 23.2. The summed E-state index contributed by atoms with van der Waals surface area (Å²) in [5, 5.41) is 13.2. The number of hydrogen-bond donors (Lipinski definition) is 1. The smallest absolute Gasteiger partial charge is 0.305 e. The molecule has 0 radical (unpaired) electrons. The zero-order valence-corrected chi connectivity index (χ0v) is 20.4. The molecule has 182 valence electrons. The van der Waals surface area contributed by atoms with Crippen LogP contribution in [0.2, 0.25) is 0 Å². The molecular formula is C30H33NO4. The third kappa shape index (κ3) is 3.28. The first-order chi connectivity index (χ1) is 17.1. The van der Waals surface area contributed by atoms with Gasteiger partial charge in [0.25, 0.3) is 0 Å². The molecule has 5 heteroatoms. The summed E-state index contributed by atoms with van der Waals surface area (Å²) in [6.45, 7) is 5.14. The molecule has 0 bridgehead atoms. The van der Waals surface area contributed by atoms with Crippen LogP contribution in [0.4, 0.5) is 0 Å². The van der Waals surface area contributed by atoms with Crippen molar-refractivity contribution in [3.8, 4) is 28.4 Å². The Labute approximate surface area is 206 Å². The molecule has 4 aliphatic rings. The van der Waals surface area contributed by atoms with Crippen molar-refractivity contribution < 1.29 is 19.3 Å². The average Bonchev–Trinajstić information content (AvgIpc) is 3.38. The minimum atomic E-state index is -0.437. The Bertz CT molecular complexity index is 1300. The number of morpholine rings is 1. The number of phenols is 1. The van der Waals surface area contributed by atoms with E-state index in [1.165, 1.54) is 59.9 Å². The first kappa shape index (κ1) is 21.5. The van der Waals surface area contributed by atoms with E-state index in [1.54, 1.807) is 0 Å². The van der Waals surface area contributed by atoms with Crippen molar-refractivity contribution in [1.29, 1.82) is 0 Å². The van der Waals surface area contributed by atoms with Gasteiger partial charge in [0.2, 0.25) is 0 Å². The lowest BCUT2D eigenvalue weighted by Crippen LogP contribution is -2.47. The number of nitrogens with zero attached hydrogens (tertiary/aromatic N) is 1. The van der Waals surface area contributed by atoms with Crippen molar-refractivity contribution in [1.82, 2.24) is 4.90 Å². The molecule has 1 saturated carbocycles. The van der Waals surface area contributed by atoms with Crippen LogP contribution in [0, 0.1) is 6.92 Å². The van der Waals surface area contributed by atoms with E-state index in [0.717, 1.165) is 42.5 Å². The Morgan fingerprint density at radius 3 is 2.26 bits per heavy atom. The molecule has 2 aliphatic carbocycles. The molecule has 3 aromatic rings. The maximum atomic E-state index is 11.3. The molecule has 1 atom stereocenters. The SMILES string of the molecule is Cc1ccc2c(c1)C1(CCCCCCC1)c1cc(O)c3cc4c(cc3c1-2)OC(N1CCOCC1)O4. The van der Waals surface area contributed by atoms with Crippen molar-refractivity contribution in [2.45, 2.75) is 63.7 Å². The highest BCUT2D eigenvalue weighted by molar-refractivity contribution is 6.06. The summed E-state index contributed by atoms with van der Waals surface area (Å²) in [6, 6.07) is 13.1. The second kappa shape index (κ2) is 8.14. The summed E-state index contributed by atoms with van der Waals surface area (Å²) < 4.78 is 18.0. The van der Waals surface area contributed by atoms with Gasteiger partial charge in [-0.25, -0.2) is 4.90 Å². The molecule has 1 spiro atoms. The van der Waals surface area contributed by atoms with Gasteiger partial charge in [0.05, 0.1) is 13.2 Å². The van der Waals surface area contributed by atoms with Crippen LogP contribution in [0.1, 0.15) is 61.6 Å². The predicted octanol–water partition coefficient (Wildman–Crippen LogP) is 6.25. The van der Waals surface area contributed by atoms with Crippen LogP contribution < -0.4 is 9.47 Å². The number of benzene rings is 3. The number of phenolic OH excluding ortho intramolecular Hbond substituents is 1. The van der Waals surface area contributed by atoms with Crippen LogP contribution in [-0.2, 0) is 10.2 Å². The van der Waals surface area contributed by atoms with E-state index in [9.17, 15) is 5.11 Å². The highest BCUT2D eigenvalue weighted by Gasteiger charge is 2.44. The number of fused-ring (bicyclic) bond motifs is 8. The average molecular weight is 472 g/mol. The van der Waals surface area contributed by atoms with Crippen LogP contribution >= 0.6 is 0 Å². The third-order valence-electron chi connectivity index (χ3n) is 8.66. The molecule has 35 heavy (non-hydrogen) atoms. The van der Waals surface area contributed by atoms with Gasteiger partial charge >= 0.3 is 6.41 Å². The molecular weight excluding hydrogens is 438 g/mol. The van der Waals surface area contributed by atoms with E-state index in [1.807, 2.05) is 6.07 Å². The maximum absolute atomic E-state index is 11.3. The minimum Gasteiger partial charge on any atom is -0.507 e. The van der Waals surface area contributed by atoms with Crippen molar-refractivity contribution in [2.75, 3.05) is 26.3 Å². The van der Waals surface area contributed by atoms with Crippen molar-refractivity contribution in [3.05, 3.63) is 53.1 Å². The summed E-state index contributed by atoms with van der Waals surface area (Å²) in [4.78, 5) is 2.17. The molecule has 1 unspecified atom stereocenters. The van der Waals surface area contributed by atoms with Gasteiger partial charge < -0.3 is 19.3 Å². The summed E-state index contributed by atoms with van der Waals surface area (Å²) >= 11 is 0. The summed E-state index contributed by atoms with van der Waals surface area (Å²) in [5.74, 6) is 1.80.